The van der Waals surface area contributed by atoms with Crippen molar-refractivity contribution in [3.05, 3.63) is 102 Å². The Hall–Kier alpha value is -2.87. The zero-order chi connectivity index (χ0) is 15.2. The Morgan fingerprint density at radius 2 is 1.32 bits per heavy atom. The van der Waals surface area contributed by atoms with E-state index in [2.05, 4.69) is 23.5 Å². The van der Waals surface area contributed by atoms with E-state index in [4.69, 9.17) is 0 Å². The normalized spacial score (nSPS) is 11.2. The largest absolute Gasteiger partial charge is 0.355 e. The van der Waals surface area contributed by atoms with Crippen LogP contribution in [0.2, 0.25) is 0 Å². The number of anilines is 1. The molecule has 108 valence electrons. The lowest BCUT2D eigenvalue weighted by Crippen LogP contribution is -1.98. The predicted molar refractivity (Wildman–Crippen MR) is 90.8 cm³/mol. The summed E-state index contributed by atoms with van der Waals surface area (Å²) in [7, 11) is 0. The van der Waals surface area contributed by atoms with E-state index < -0.39 is 0 Å². The SMILES string of the molecule is Fc1ccc(N/C(=C/c2ccccc2)c2ccccc2)cc1. The first kappa shape index (κ1) is 14.1. The van der Waals surface area contributed by atoms with Crippen LogP contribution in [0.15, 0.2) is 84.9 Å². The molecular formula is C20H16FN. The van der Waals surface area contributed by atoms with Gasteiger partial charge in [-0.3, -0.25) is 0 Å². The smallest absolute Gasteiger partial charge is 0.123 e. The van der Waals surface area contributed by atoms with Crippen molar-refractivity contribution in [2.24, 2.45) is 0 Å². The minimum atomic E-state index is -0.237. The molecular weight excluding hydrogens is 273 g/mol. The zero-order valence-electron chi connectivity index (χ0n) is 12.0. The quantitative estimate of drug-likeness (QED) is 0.631. The molecule has 0 aliphatic carbocycles. The van der Waals surface area contributed by atoms with Gasteiger partial charge in [0.2, 0.25) is 0 Å². The molecule has 1 N–H and O–H groups in total. The first-order valence-corrected chi connectivity index (χ1v) is 7.16. The van der Waals surface area contributed by atoms with Crippen LogP contribution < -0.4 is 5.32 Å². The third kappa shape index (κ3) is 3.61. The Kier molecular flexibility index (Phi) is 4.30. The molecule has 0 atom stereocenters. The van der Waals surface area contributed by atoms with E-state index in [9.17, 15) is 4.39 Å². The minimum absolute atomic E-state index is 0.237. The van der Waals surface area contributed by atoms with Crippen LogP contribution >= 0.6 is 0 Å². The van der Waals surface area contributed by atoms with Crippen LogP contribution in [0.25, 0.3) is 11.8 Å². The van der Waals surface area contributed by atoms with Gasteiger partial charge in [-0.1, -0.05) is 60.7 Å². The molecule has 2 heteroatoms. The van der Waals surface area contributed by atoms with Crippen molar-refractivity contribution in [3.8, 4) is 0 Å². The number of benzene rings is 3. The second-order valence-corrected chi connectivity index (χ2v) is 4.97. The van der Waals surface area contributed by atoms with E-state index in [1.54, 1.807) is 12.1 Å². The Morgan fingerprint density at radius 1 is 0.727 bits per heavy atom. The van der Waals surface area contributed by atoms with Crippen LogP contribution in [0.5, 0.6) is 0 Å². The van der Waals surface area contributed by atoms with Crippen molar-refractivity contribution >= 4 is 17.5 Å². The maximum atomic E-state index is 13.1. The van der Waals surface area contributed by atoms with Gasteiger partial charge in [0.05, 0.1) is 0 Å². The number of rotatable bonds is 4. The van der Waals surface area contributed by atoms with Crippen molar-refractivity contribution < 1.29 is 4.39 Å². The van der Waals surface area contributed by atoms with E-state index in [0.29, 0.717) is 0 Å². The summed E-state index contributed by atoms with van der Waals surface area (Å²) in [6, 6.07) is 26.6. The van der Waals surface area contributed by atoms with Gasteiger partial charge in [-0.25, -0.2) is 4.39 Å². The molecule has 0 spiro atoms. The fraction of sp³-hybridized carbons (Fsp3) is 0. The highest BCUT2D eigenvalue weighted by Crippen LogP contribution is 2.21. The van der Waals surface area contributed by atoms with Crippen LogP contribution in [-0.2, 0) is 0 Å². The maximum absolute atomic E-state index is 13.1. The monoisotopic (exact) mass is 289 g/mol. The predicted octanol–water partition coefficient (Wildman–Crippen LogP) is 5.44. The minimum Gasteiger partial charge on any atom is -0.355 e. The van der Waals surface area contributed by atoms with E-state index in [1.165, 1.54) is 12.1 Å². The number of nitrogens with one attached hydrogen (secondary N) is 1. The van der Waals surface area contributed by atoms with Gasteiger partial charge in [0.1, 0.15) is 5.82 Å². The Labute approximate surface area is 129 Å². The molecule has 1 nitrogen and oxygen atoms in total. The summed E-state index contributed by atoms with van der Waals surface area (Å²) < 4.78 is 13.1. The van der Waals surface area contributed by atoms with Gasteiger partial charge in [-0.05, 0) is 41.5 Å². The summed E-state index contributed by atoms with van der Waals surface area (Å²) in [6.45, 7) is 0. The molecule has 0 amide bonds. The number of hydrogen-bond donors (Lipinski definition) is 1. The molecule has 0 radical (unpaired) electrons. The van der Waals surface area contributed by atoms with Gasteiger partial charge < -0.3 is 5.32 Å². The first-order valence-electron chi connectivity index (χ1n) is 7.16. The Bertz CT molecular complexity index is 747. The third-order valence-corrected chi connectivity index (χ3v) is 3.32. The molecule has 0 bridgehead atoms. The van der Waals surface area contributed by atoms with Crippen molar-refractivity contribution in [1.82, 2.24) is 0 Å². The summed E-state index contributed by atoms with van der Waals surface area (Å²) in [5, 5.41) is 3.37. The van der Waals surface area contributed by atoms with Crippen LogP contribution in [0, 0.1) is 5.82 Å². The highest BCUT2D eigenvalue weighted by molar-refractivity contribution is 5.88. The highest BCUT2D eigenvalue weighted by Gasteiger charge is 2.03. The molecule has 0 saturated heterocycles. The second kappa shape index (κ2) is 6.72. The molecule has 0 heterocycles. The second-order valence-electron chi connectivity index (χ2n) is 4.97. The zero-order valence-corrected chi connectivity index (χ0v) is 12.0. The molecule has 0 aliphatic rings. The molecule has 3 rings (SSSR count). The van der Waals surface area contributed by atoms with E-state index in [0.717, 1.165) is 22.5 Å². The Morgan fingerprint density at radius 3 is 1.95 bits per heavy atom. The lowest BCUT2D eigenvalue weighted by Gasteiger charge is -2.12. The lowest BCUT2D eigenvalue weighted by atomic mass is 10.1. The molecule has 0 unspecified atom stereocenters. The van der Waals surface area contributed by atoms with Gasteiger partial charge in [0.25, 0.3) is 0 Å². The fourth-order valence-electron chi connectivity index (χ4n) is 2.21. The van der Waals surface area contributed by atoms with Gasteiger partial charge in [0.15, 0.2) is 0 Å². The average molecular weight is 289 g/mol. The molecule has 0 fully saturated rings. The number of halogens is 1. The van der Waals surface area contributed by atoms with Gasteiger partial charge in [-0.2, -0.15) is 0 Å². The topological polar surface area (TPSA) is 12.0 Å². The maximum Gasteiger partial charge on any atom is 0.123 e. The summed E-state index contributed by atoms with van der Waals surface area (Å²) in [5.41, 5.74) is 4.01. The van der Waals surface area contributed by atoms with Crippen LogP contribution in [0.1, 0.15) is 11.1 Å². The summed E-state index contributed by atoms with van der Waals surface area (Å²) in [5.74, 6) is -0.237. The van der Waals surface area contributed by atoms with Crippen molar-refractivity contribution in [2.45, 2.75) is 0 Å². The van der Waals surface area contributed by atoms with Crippen LogP contribution in [0.4, 0.5) is 10.1 Å². The summed E-state index contributed by atoms with van der Waals surface area (Å²) in [6.07, 6.45) is 2.08. The first-order chi connectivity index (χ1) is 10.8. The van der Waals surface area contributed by atoms with Crippen LogP contribution in [-0.4, -0.2) is 0 Å². The van der Waals surface area contributed by atoms with E-state index >= 15 is 0 Å². The average Bonchev–Trinajstić information content (AvgIpc) is 2.58. The number of hydrogen-bond acceptors (Lipinski definition) is 1. The molecule has 3 aromatic rings. The summed E-state index contributed by atoms with van der Waals surface area (Å²) in [4.78, 5) is 0. The van der Waals surface area contributed by atoms with E-state index in [-0.39, 0.29) is 5.82 Å². The fourth-order valence-corrected chi connectivity index (χ4v) is 2.21. The van der Waals surface area contributed by atoms with Crippen molar-refractivity contribution in [1.29, 1.82) is 0 Å². The molecule has 22 heavy (non-hydrogen) atoms. The van der Waals surface area contributed by atoms with Gasteiger partial charge >= 0.3 is 0 Å². The third-order valence-electron chi connectivity index (χ3n) is 3.32. The van der Waals surface area contributed by atoms with Crippen molar-refractivity contribution in [3.63, 3.8) is 0 Å². The van der Waals surface area contributed by atoms with Crippen molar-refractivity contribution in [2.75, 3.05) is 5.32 Å². The molecule has 0 aromatic heterocycles. The lowest BCUT2D eigenvalue weighted by molar-refractivity contribution is 0.628. The highest BCUT2D eigenvalue weighted by atomic mass is 19.1. The molecule has 3 aromatic carbocycles. The standard InChI is InChI=1S/C20H16FN/c21-18-11-13-19(14-12-18)22-20(17-9-5-2-6-10-17)15-16-7-3-1-4-8-16/h1-15,22H/b20-15+. The van der Waals surface area contributed by atoms with Crippen LogP contribution in [0.3, 0.4) is 0 Å². The summed E-state index contributed by atoms with van der Waals surface area (Å²) >= 11 is 0. The van der Waals surface area contributed by atoms with Gasteiger partial charge in [-0.15, -0.1) is 0 Å². The molecule has 0 saturated carbocycles. The van der Waals surface area contributed by atoms with Gasteiger partial charge in [0, 0.05) is 11.4 Å². The molecule has 0 aliphatic heterocycles. The van der Waals surface area contributed by atoms with E-state index in [1.807, 2.05) is 48.5 Å². The Balaban J connectivity index is 1.96.